The van der Waals surface area contributed by atoms with Crippen LogP contribution in [0.3, 0.4) is 0 Å². The van der Waals surface area contributed by atoms with Gasteiger partial charge >= 0.3 is 5.97 Å². The van der Waals surface area contributed by atoms with E-state index in [9.17, 15) is 9.90 Å². The molecule has 2 aromatic rings. The highest BCUT2D eigenvalue weighted by Crippen LogP contribution is 2.17. The third kappa shape index (κ3) is 5.13. The number of carbonyl (C=O) groups excluding carboxylic acids is 1. The number of aromatic nitrogens is 3. The molecule has 8 nitrogen and oxygen atoms in total. The number of hydrogen-bond acceptors (Lipinski definition) is 8. The van der Waals surface area contributed by atoms with Crippen LogP contribution in [0.15, 0.2) is 30.6 Å². The van der Waals surface area contributed by atoms with Crippen LogP contribution < -0.4 is 4.90 Å². The van der Waals surface area contributed by atoms with Gasteiger partial charge in [0.2, 0.25) is 5.95 Å². The van der Waals surface area contributed by atoms with E-state index >= 15 is 0 Å². The summed E-state index contributed by atoms with van der Waals surface area (Å²) in [5, 5.41) is 9.70. The number of aryl methyl sites for hydroxylation is 1. The van der Waals surface area contributed by atoms with Crippen molar-refractivity contribution in [2.24, 2.45) is 0 Å². The van der Waals surface area contributed by atoms with E-state index in [-0.39, 0.29) is 11.4 Å². The number of pyridine rings is 1. The zero-order valence-electron chi connectivity index (χ0n) is 15.5. The second kappa shape index (κ2) is 9.27. The molecule has 0 amide bonds. The zero-order chi connectivity index (χ0) is 19.1. The van der Waals surface area contributed by atoms with Gasteiger partial charge in [-0.05, 0) is 44.0 Å². The second-order valence-electron chi connectivity index (χ2n) is 6.50. The van der Waals surface area contributed by atoms with Crippen LogP contribution in [0.2, 0.25) is 0 Å². The molecule has 1 N–H and O–H groups in total. The van der Waals surface area contributed by atoms with Crippen molar-refractivity contribution in [2.75, 3.05) is 44.7 Å². The Morgan fingerprint density at radius 1 is 1.15 bits per heavy atom. The summed E-state index contributed by atoms with van der Waals surface area (Å²) >= 11 is 0. The first kappa shape index (κ1) is 19.0. The molecule has 1 saturated heterocycles. The summed E-state index contributed by atoms with van der Waals surface area (Å²) in [6.45, 7) is 4.91. The molecule has 1 aliphatic rings. The Hall–Kier alpha value is -2.74. The lowest BCUT2D eigenvalue weighted by Crippen LogP contribution is -2.47. The number of esters is 1. The van der Waals surface area contributed by atoms with E-state index in [1.807, 2.05) is 6.07 Å². The molecule has 0 aromatic carbocycles. The number of piperazine rings is 1. The fraction of sp³-hybridized carbons (Fsp3) is 0.474. The van der Waals surface area contributed by atoms with Crippen molar-refractivity contribution in [3.63, 3.8) is 0 Å². The van der Waals surface area contributed by atoms with Crippen LogP contribution in [0, 0.1) is 0 Å². The molecule has 2 aromatic heterocycles. The zero-order valence-corrected chi connectivity index (χ0v) is 15.5. The molecule has 0 atom stereocenters. The fourth-order valence-corrected chi connectivity index (χ4v) is 3.15. The minimum absolute atomic E-state index is 0.0192. The molecule has 3 rings (SSSR count). The number of aromatic hydroxyl groups is 1. The Bertz CT molecular complexity index is 748. The molecule has 0 radical (unpaired) electrons. The third-order valence-electron chi connectivity index (χ3n) is 4.67. The van der Waals surface area contributed by atoms with Crippen molar-refractivity contribution in [1.82, 2.24) is 19.9 Å². The number of hydrogen-bond donors (Lipinski definition) is 1. The van der Waals surface area contributed by atoms with Gasteiger partial charge in [0.05, 0.1) is 7.11 Å². The van der Waals surface area contributed by atoms with Crippen LogP contribution >= 0.6 is 0 Å². The van der Waals surface area contributed by atoms with Crippen molar-refractivity contribution in [1.29, 1.82) is 0 Å². The van der Waals surface area contributed by atoms with Crippen molar-refractivity contribution in [3.8, 4) is 5.75 Å². The predicted molar refractivity (Wildman–Crippen MR) is 101 cm³/mol. The monoisotopic (exact) mass is 371 g/mol. The van der Waals surface area contributed by atoms with Crippen LogP contribution in [-0.4, -0.2) is 70.8 Å². The summed E-state index contributed by atoms with van der Waals surface area (Å²) in [5.41, 5.74) is 0.772. The fourth-order valence-electron chi connectivity index (χ4n) is 3.15. The van der Waals surface area contributed by atoms with Gasteiger partial charge in [-0.1, -0.05) is 0 Å². The number of unbranched alkanes of at least 4 members (excludes halogenated alkanes) is 1. The number of ether oxygens (including phenoxy) is 1. The minimum atomic E-state index is -0.616. The molecule has 8 heteroatoms. The molecule has 0 bridgehead atoms. The van der Waals surface area contributed by atoms with E-state index in [0.29, 0.717) is 0 Å². The molecule has 3 heterocycles. The lowest BCUT2D eigenvalue weighted by Gasteiger charge is -2.34. The summed E-state index contributed by atoms with van der Waals surface area (Å²) in [5.74, 6) is 0.0393. The normalized spacial score (nSPS) is 14.9. The van der Waals surface area contributed by atoms with E-state index in [1.165, 1.54) is 13.2 Å². The van der Waals surface area contributed by atoms with Gasteiger partial charge in [0.25, 0.3) is 0 Å². The highest BCUT2D eigenvalue weighted by atomic mass is 16.5. The molecular weight excluding hydrogens is 346 g/mol. The maximum absolute atomic E-state index is 11.6. The molecule has 144 valence electrons. The van der Waals surface area contributed by atoms with Crippen molar-refractivity contribution in [2.45, 2.75) is 19.3 Å². The quantitative estimate of drug-likeness (QED) is 0.578. The third-order valence-corrected chi connectivity index (χ3v) is 4.67. The molecule has 0 unspecified atom stereocenters. The van der Waals surface area contributed by atoms with Gasteiger partial charge in [0, 0.05) is 44.3 Å². The summed E-state index contributed by atoms with van der Waals surface area (Å²) in [6, 6.07) is 5.08. The first-order valence-corrected chi connectivity index (χ1v) is 9.19. The summed E-state index contributed by atoms with van der Waals surface area (Å²) < 4.78 is 4.64. The Kier molecular flexibility index (Phi) is 6.54. The van der Waals surface area contributed by atoms with E-state index in [4.69, 9.17) is 0 Å². The van der Waals surface area contributed by atoms with Gasteiger partial charge in [-0.3, -0.25) is 4.90 Å². The standard InChI is InChI=1S/C19H25N5O3/c1-27-18(26)17-16(25)7-6-15(22-17)5-2-3-10-23-11-13-24(14-12-23)19-20-8-4-9-21-19/h4,6-9,25H,2-3,5,10-14H2,1H3. The molecule has 0 saturated carbocycles. The molecule has 0 aliphatic carbocycles. The summed E-state index contributed by atoms with van der Waals surface area (Å²) in [6.07, 6.45) is 6.34. The van der Waals surface area contributed by atoms with Crippen LogP contribution in [0.1, 0.15) is 29.0 Å². The minimum Gasteiger partial charge on any atom is -0.505 e. The first-order chi connectivity index (χ1) is 13.2. The van der Waals surface area contributed by atoms with Gasteiger partial charge in [-0.25, -0.2) is 19.7 Å². The molecular formula is C19H25N5O3. The van der Waals surface area contributed by atoms with Crippen molar-refractivity contribution in [3.05, 3.63) is 42.0 Å². The van der Waals surface area contributed by atoms with Crippen LogP contribution in [0.4, 0.5) is 5.95 Å². The molecule has 27 heavy (non-hydrogen) atoms. The van der Waals surface area contributed by atoms with E-state index < -0.39 is 5.97 Å². The maximum Gasteiger partial charge on any atom is 0.360 e. The number of rotatable bonds is 7. The Morgan fingerprint density at radius 2 is 1.89 bits per heavy atom. The van der Waals surface area contributed by atoms with Gasteiger partial charge in [0.15, 0.2) is 5.69 Å². The highest BCUT2D eigenvalue weighted by Gasteiger charge is 2.18. The van der Waals surface area contributed by atoms with Gasteiger partial charge in [0.1, 0.15) is 5.75 Å². The lowest BCUT2D eigenvalue weighted by molar-refractivity contribution is 0.0590. The molecule has 0 spiro atoms. The van der Waals surface area contributed by atoms with Gasteiger partial charge < -0.3 is 14.7 Å². The average molecular weight is 371 g/mol. The number of carbonyl (C=O) groups is 1. The second-order valence-corrected chi connectivity index (χ2v) is 6.50. The summed E-state index contributed by atoms with van der Waals surface area (Å²) in [4.78, 5) is 29.1. The molecule has 1 fully saturated rings. The van der Waals surface area contributed by atoms with Crippen LogP contribution in [0.5, 0.6) is 5.75 Å². The first-order valence-electron chi connectivity index (χ1n) is 9.19. The Balaban J connectivity index is 1.39. The number of anilines is 1. The maximum atomic E-state index is 11.6. The van der Waals surface area contributed by atoms with Crippen LogP contribution in [0.25, 0.3) is 0 Å². The van der Waals surface area contributed by atoms with Gasteiger partial charge in [-0.15, -0.1) is 0 Å². The smallest absolute Gasteiger partial charge is 0.360 e. The molecule has 1 aliphatic heterocycles. The van der Waals surface area contributed by atoms with Gasteiger partial charge in [-0.2, -0.15) is 0 Å². The van der Waals surface area contributed by atoms with E-state index in [0.717, 1.165) is 63.6 Å². The van der Waals surface area contributed by atoms with E-state index in [2.05, 4.69) is 29.5 Å². The van der Waals surface area contributed by atoms with E-state index in [1.54, 1.807) is 18.5 Å². The topological polar surface area (TPSA) is 91.7 Å². The number of methoxy groups -OCH3 is 1. The Labute approximate surface area is 158 Å². The van der Waals surface area contributed by atoms with Crippen molar-refractivity contribution < 1.29 is 14.6 Å². The van der Waals surface area contributed by atoms with Crippen LogP contribution in [-0.2, 0) is 11.2 Å². The average Bonchev–Trinajstić information content (AvgIpc) is 2.73. The highest BCUT2D eigenvalue weighted by molar-refractivity contribution is 5.90. The SMILES string of the molecule is COC(=O)c1nc(CCCCN2CCN(c3ncccn3)CC2)ccc1O. The number of nitrogens with zero attached hydrogens (tertiary/aromatic N) is 5. The predicted octanol–water partition coefficient (Wildman–Crippen LogP) is 1.51. The summed E-state index contributed by atoms with van der Waals surface area (Å²) in [7, 11) is 1.28. The lowest BCUT2D eigenvalue weighted by atomic mass is 10.1. The van der Waals surface area contributed by atoms with Crippen molar-refractivity contribution >= 4 is 11.9 Å². The largest absolute Gasteiger partial charge is 0.505 e. The Morgan fingerprint density at radius 3 is 2.59 bits per heavy atom.